The molecule has 0 aliphatic carbocycles. The first-order valence-corrected chi connectivity index (χ1v) is 7.99. The highest BCUT2D eigenvalue weighted by atomic mass is 35.5. The third-order valence-corrected chi connectivity index (χ3v) is 4.00. The molecule has 6 heteroatoms. The summed E-state index contributed by atoms with van der Waals surface area (Å²) in [6.07, 6.45) is 0. The molecule has 0 spiro atoms. The Hall–Kier alpha value is -2.66. The predicted octanol–water partition coefficient (Wildman–Crippen LogP) is 4.11. The first-order valence-electron chi connectivity index (χ1n) is 7.61. The van der Waals surface area contributed by atoms with Crippen LogP contribution in [0.3, 0.4) is 0 Å². The number of pyridine rings is 1. The summed E-state index contributed by atoms with van der Waals surface area (Å²) in [7, 11) is 0. The van der Waals surface area contributed by atoms with Gasteiger partial charge in [-0.05, 0) is 23.6 Å². The summed E-state index contributed by atoms with van der Waals surface area (Å²) in [6, 6.07) is 15.4. The largest absolute Gasteiger partial charge is 0.492 e. The van der Waals surface area contributed by atoms with Gasteiger partial charge in [0.25, 0.3) is 0 Å². The number of anilines is 1. The highest BCUT2D eigenvalue weighted by Gasteiger charge is 2.13. The van der Waals surface area contributed by atoms with Gasteiger partial charge >= 0.3 is 0 Å². The van der Waals surface area contributed by atoms with Gasteiger partial charge in [0, 0.05) is 11.5 Å². The van der Waals surface area contributed by atoms with E-state index in [1.807, 2.05) is 48.5 Å². The Morgan fingerprint density at radius 2 is 1.96 bits per heavy atom. The van der Waals surface area contributed by atoms with Crippen LogP contribution >= 0.6 is 11.6 Å². The molecule has 1 aromatic heterocycles. The maximum atomic E-state index is 6.22. The Morgan fingerprint density at radius 1 is 1.08 bits per heavy atom. The minimum atomic E-state index is 0.259. The lowest BCUT2D eigenvalue weighted by Crippen LogP contribution is -2.12. The number of nitrogens with one attached hydrogen (secondary N) is 1. The van der Waals surface area contributed by atoms with E-state index in [1.165, 1.54) is 0 Å². The molecule has 1 N–H and O–H groups in total. The van der Waals surface area contributed by atoms with Crippen LogP contribution in [0.1, 0.15) is 0 Å². The zero-order valence-corrected chi connectivity index (χ0v) is 13.5. The molecule has 5 nitrogen and oxygen atoms in total. The number of hydrogen-bond donors (Lipinski definition) is 1. The minimum Gasteiger partial charge on any atom is -0.492 e. The lowest BCUT2D eigenvalue weighted by atomic mass is 10.2. The Bertz CT molecular complexity index is 885. The van der Waals surface area contributed by atoms with Crippen molar-refractivity contribution in [1.82, 2.24) is 4.98 Å². The van der Waals surface area contributed by atoms with Crippen molar-refractivity contribution in [1.29, 1.82) is 0 Å². The summed E-state index contributed by atoms with van der Waals surface area (Å²) in [6.45, 7) is 1.36. The van der Waals surface area contributed by atoms with Gasteiger partial charge in [0.05, 0.1) is 6.54 Å². The van der Waals surface area contributed by atoms with Crippen LogP contribution < -0.4 is 19.5 Å². The van der Waals surface area contributed by atoms with Crippen LogP contribution in [0.25, 0.3) is 10.8 Å². The average Bonchev–Trinajstić information content (AvgIpc) is 3.06. The zero-order valence-electron chi connectivity index (χ0n) is 12.8. The fraction of sp³-hybridized carbons (Fsp3) is 0.167. The molecule has 3 aromatic rings. The van der Waals surface area contributed by atoms with Crippen LogP contribution in [0, 0.1) is 0 Å². The minimum absolute atomic E-state index is 0.259. The van der Waals surface area contributed by atoms with Crippen molar-refractivity contribution in [2.24, 2.45) is 0 Å². The third kappa shape index (κ3) is 3.03. The second-order valence-corrected chi connectivity index (χ2v) is 5.67. The second-order valence-electron chi connectivity index (χ2n) is 5.31. The van der Waals surface area contributed by atoms with Crippen molar-refractivity contribution in [2.45, 2.75) is 0 Å². The van der Waals surface area contributed by atoms with Gasteiger partial charge in [-0.2, -0.15) is 0 Å². The maximum absolute atomic E-state index is 6.22. The molecule has 0 bridgehead atoms. The molecule has 0 saturated carbocycles. The SMILES string of the molecule is Clc1nc(NCCOc2ccc3c(c2)OCO3)cc2ccccc12. The summed E-state index contributed by atoms with van der Waals surface area (Å²) in [5.41, 5.74) is 0. The number of aromatic nitrogens is 1. The summed E-state index contributed by atoms with van der Waals surface area (Å²) < 4.78 is 16.3. The first-order chi connectivity index (χ1) is 11.8. The topological polar surface area (TPSA) is 52.6 Å². The molecule has 0 atom stereocenters. The zero-order chi connectivity index (χ0) is 16.4. The molecule has 24 heavy (non-hydrogen) atoms. The second kappa shape index (κ2) is 6.45. The monoisotopic (exact) mass is 342 g/mol. The number of hydrogen-bond acceptors (Lipinski definition) is 5. The molecule has 0 amide bonds. The van der Waals surface area contributed by atoms with E-state index < -0.39 is 0 Å². The van der Waals surface area contributed by atoms with E-state index in [2.05, 4.69) is 10.3 Å². The number of benzene rings is 2. The van der Waals surface area contributed by atoms with Crippen LogP contribution in [-0.2, 0) is 0 Å². The molecular formula is C18H15ClN2O3. The Kier molecular flexibility index (Phi) is 4.01. The summed E-state index contributed by atoms with van der Waals surface area (Å²) in [5.74, 6) is 2.93. The highest BCUT2D eigenvalue weighted by molar-refractivity contribution is 6.34. The molecule has 1 aliphatic heterocycles. The van der Waals surface area contributed by atoms with Gasteiger partial charge in [-0.3, -0.25) is 0 Å². The number of fused-ring (bicyclic) bond motifs is 2. The normalized spacial score (nSPS) is 12.4. The predicted molar refractivity (Wildman–Crippen MR) is 93.3 cm³/mol. The van der Waals surface area contributed by atoms with Gasteiger partial charge in [0.15, 0.2) is 11.5 Å². The molecule has 122 valence electrons. The van der Waals surface area contributed by atoms with Crippen LogP contribution in [0.2, 0.25) is 5.15 Å². The first kappa shape index (κ1) is 14.9. The molecular weight excluding hydrogens is 328 g/mol. The van der Waals surface area contributed by atoms with Crippen molar-refractivity contribution in [2.75, 3.05) is 25.3 Å². The van der Waals surface area contributed by atoms with Crippen LogP contribution in [0.5, 0.6) is 17.2 Å². The molecule has 1 aliphatic rings. The van der Waals surface area contributed by atoms with Crippen molar-refractivity contribution < 1.29 is 14.2 Å². The lowest BCUT2D eigenvalue weighted by Gasteiger charge is -2.10. The van der Waals surface area contributed by atoms with E-state index >= 15 is 0 Å². The fourth-order valence-corrected chi connectivity index (χ4v) is 2.82. The number of ether oxygens (including phenoxy) is 3. The molecule has 4 rings (SSSR count). The van der Waals surface area contributed by atoms with Crippen LogP contribution in [0.15, 0.2) is 48.5 Å². The number of nitrogens with zero attached hydrogens (tertiary/aromatic N) is 1. The molecule has 2 aromatic carbocycles. The fourth-order valence-electron chi connectivity index (χ4n) is 2.56. The summed E-state index contributed by atoms with van der Waals surface area (Å²) >= 11 is 6.22. The van der Waals surface area contributed by atoms with Gasteiger partial charge in [-0.1, -0.05) is 35.9 Å². The lowest BCUT2D eigenvalue weighted by molar-refractivity contribution is 0.174. The van der Waals surface area contributed by atoms with Gasteiger partial charge < -0.3 is 19.5 Å². The quantitative estimate of drug-likeness (QED) is 0.558. The van der Waals surface area contributed by atoms with E-state index in [0.717, 1.165) is 28.1 Å². The van der Waals surface area contributed by atoms with Crippen molar-refractivity contribution >= 4 is 28.2 Å². The van der Waals surface area contributed by atoms with Gasteiger partial charge in [-0.25, -0.2) is 4.98 Å². The Labute approximate surface area is 144 Å². The average molecular weight is 343 g/mol. The van der Waals surface area contributed by atoms with Crippen molar-refractivity contribution in [3.8, 4) is 17.2 Å². The number of halogens is 1. The van der Waals surface area contributed by atoms with Crippen LogP contribution in [-0.4, -0.2) is 24.9 Å². The van der Waals surface area contributed by atoms with Gasteiger partial charge in [-0.15, -0.1) is 0 Å². The third-order valence-electron chi connectivity index (χ3n) is 3.71. The summed E-state index contributed by atoms with van der Waals surface area (Å²) in [5, 5.41) is 5.71. The van der Waals surface area contributed by atoms with E-state index in [0.29, 0.717) is 24.1 Å². The Balaban J connectivity index is 1.36. The molecule has 2 heterocycles. The Morgan fingerprint density at radius 3 is 2.92 bits per heavy atom. The molecule has 0 fully saturated rings. The van der Waals surface area contributed by atoms with E-state index in [-0.39, 0.29) is 6.79 Å². The smallest absolute Gasteiger partial charge is 0.231 e. The van der Waals surface area contributed by atoms with Crippen LogP contribution in [0.4, 0.5) is 5.82 Å². The van der Waals surface area contributed by atoms with Crippen molar-refractivity contribution in [3.05, 3.63) is 53.7 Å². The van der Waals surface area contributed by atoms with Gasteiger partial charge in [0.2, 0.25) is 6.79 Å². The van der Waals surface area contributed by atoms with Crippen molar-refractivity contribution in [3.63, 3.8) is 0 Å². The summed E-state index contributed by atoms with van der Waals surface area (Å²) in [4.78, 5) is 4.36. The molecule has 0 unspecified atom stereocenters. The maximum Gasteiger partial charge on any atom is 0.231 e. The van der Waals surface area contributed by atoms with E-state index in [1.54, 1.807) is 0 Å². The van der Waals surface area contributed by atoms with Gasteiger partial charge in [0.1, 0.15) is 23.3 Å². The van der Waals surface area contributed by atoms with E-state index in [4.69, 9.17) is 25.8 Å². The molecule has 0 saturated heterocycles. The number of rotatable bonds is 5. The standard InChI is InChI=1S/C18H15ClN2O3/c19-18-14-4-2-1-3-12(14)9-17(21-18)20-7-8-22-13-5-6-15-16(10-13)24-11-23-15/h1-6,9-10H,7-8,11H2,(H,20,21). The highest BCUT2D eigenvalue weighted by Crippen LogP contribution is 2.35. The molecule has 0 radical (unpaired) electrons. The van der Waals surface area contributed by atoms with E-state index in [9.17, 15) is 0 Å².